The molecule has 0 aromatic heterocycles. The number of benzene rings is 1. The summed E-state index contributed by atoms with van der Waals surface area (Å²) in [6.07, 6.45) is 9.08. The molecule has 0 spiro atoms. The van der Waals surface area contributed by atoms with Crippen LogP contribution in [-0.2, 0) is 0 Å². The van der Waals surface area contributed by atoms with E-state index in [-0.39, 0.29) is 5.78 Å². The SMILES string of the molecule is CC/C(=C/C(=O)c1ccccc1)NC1CCCCC1. The maximum atomic E-state index is 12.1. The number of carbonyl (C=O) groups is 1. The topological polar surface area (TPSA) is 29.1 Å². The van der Waals surface area contributed by atoms with Gasteiger partial charge >= 0.3 is 0 Å². The van der Waals surface area contributed by atoms with Crippen LogP contribution in [0.3, 0.4) is 0 Å². The van der Waals surface area contributed by atoms with E-state index in [4.69, 9.17) is 0 Å². The van der Waals surface area contributed by atoms with Crippen molar-refractivity contribution in [3.63, 3.8) is 0 Å². The molecule has 2 heteroatoms. The Balaban J connectivity index is 1.99. The zero-order valence-electron chi connectivity index (χ0n) is 11.7. The van der Waals surface area contributed by atoms with Crippen molar-refractivity contribution in [3.05, 3.63) is 47.7 Å². The highest BCUT2D eigenvalue weighted by molar-refractivity contribution is 6.04. The van der Waals surface area contributed by atoms with Crippen LogP contribution in [0.1, 0.15) is 55.8 Å². The Labute approximate surface area is 115 Å². The van der Waals surface area contributed by atoms with Crippen LogP contribution in [0.4, 0.5) is 0 Å². The second-order valence-electron chi connectivity index (χ2n) is 5.23. The maximum Gasteiger partial charge on any atom is 0.187 e. The summed E-state index contributed by atoms with van der Waals surface area (Å²) < 4.78 is 0. The molecule has 0 radical (unpaired) electrons. The van der Waals surface area contributed by atoms with E-state index in [9.17, 15) is 4.79 Å². The highest BCUT2D eigenvalue weighted by atomic mass is 16.1. The quantitative estimate of drug-likeness (QED) is 0.636. The number of nitrogens with one attached hydrogen (secondary N) is 1. The van der Waals surface area contributed by atoms with Gasteiger partial charge in [-0.2, -0.15) is 0 Å². The highest BCUT2D eigenvalue weighted by Crippen LogP contribution is 2.19. The molecule has 0 bridgehead atoms. The van der Waals surface area contributed by atoms with Gasteiger partial charge in [0.05, 0.1) is 0 Å². The van der Waals surface area contributed by atoms with Crippen LogP contribution < -0.4 is 5.32 Å². The molecule has 102 valence electrons. The minimum Gasteiger partial charge on any atom is -0.386 e. The third-order valence-corrected chi connectivity index (χ3v) is 3.74. The van der Waals surface area contributed by atoms with E-state index >= 15 is 0 Å². The molecule has 19 heavy (non-hydrogen) atoms. The Bertz CT molecular complexity index is 430. The summed E-state index contributed by atoms with van der Waals surface area (Å²) in [4.78, 5) is 12.1. The zero-order chi connectivity index (χ0) is 13.5. The molecule has 1 N–H and O–H groups in total. The number of carbonyl (C=O) groups excluding carboxylic acids is 1. The smallest absolute Gasteiger partial charge is 0.187 e. The molecule has 1 aromatic rings. The molecule has 1 aliphatic rings. The summed E-state index contributed by atoms with van der Waals surface area (Å²) in [6, 6.07) is 10.0. The van der Waals surface area contributed by atoms with E-state index < -0.39 is 0 Å². The molecule has 1 aliphatic carbocycles. The lowest BCUT2D eigenvalue weighted by Gasteiger charge is -2.25. The molecule has 0 saturated heterocycles. The Hall–Kier alpha value is -1.57. The van der Waals surface area contributed by atoms with E-state index in [2.05, 4.69) is 12.2 Å². The van der Waals surface area contributed by atoms with Gasteiger partial charge in [-0.1, -0.05) is 56.5 Å². The molecule has 0 aliphatic heterocycles. The fourth-order valence-corrected chi connectivity index (χ4v) is 2.60. The van der Waals surface area contributed by atoms with Crippen molar-refractivity contribution in [1.29, 1.82) is 0 Å². The van der Waals surface area contributed by atoms with Crippen molar-refractivity contribution < 1.29 is 4.79 Å². The van der Waals surface area contributed by atoms with Gasteiger partial charge in [0.15, 0.2) is 5.78 Å². The number of hydrogen-bond acceptors (Lipinski definition) is 2. The van der Waals surface area contributed by atoms with Gasteiger partial charge in [-0.05, 0) is 19.3 Å². The van der Waals surface area contributed by atoms with Crippen molar-refractivity contribution in [2.45, 2.75) is 51.5 Å². The molecular formula is C17H23NO. The van der Waals surface area contributed by atoms with Crippen molar-refractivity contribution in [1.82, 2.24) is 5.32 Å². The lowest BCUT2D eigenvalue weighted by molar-refractivity contribution is 0.104. The molecule has 0 amide bonds. The van der Waals surface area contributed by atoms with Crippen LogP contribution in [0, 0.1) is 0 Å². The number of ketones is 1. The van der Waals surface area contributed by atoms with Crippen molar-refractivity contribution >= 4 is 5.78 Å². The molecule has 1 aromatic carbocycles. The standard InChI is InChI=1S/C17H23NO/c1-2-15(18-16-11-7-4-8-12-16)13-17(19)14-9-5-3-6-10-14/h3,5-6,9-10,13,16,18H,2,4,7-8,11-12H2,1H3/b15-13-. The van der Waals surface area contributed by atoms with Gasteiger partial charge in [0, 0.05) is 23.4 Å². The summed E-state index contributed by atoms with van der Waals surface area (Å²) in [7, 11) is 0. The van der Waals surface area contributed by atoms with Gasteiger partial charge in [0.1, 0.15) is 0 Å². The molecule has 1 saturated carbocycles. The molecule has 2 rings (SSSR count). The minimum atomic E-state index is 0.0979. The summed E-state index contributed by atoms with van der Waals surface area (Å²) in [6.45, 7) is 2.10. The lowest BCUT2D eigenvalue weighted by Crippen LogP contribution is -2.30. The third-order valence-electron chi connectivity index (χ3n) is 3.74. The second-order valence-corrected chi connectivity index (χ2v) is 5.23. The second kappa shape index (κ2) is 7.13. The first-order valence-corrected chi connectivity index (χ1v) is 7.36. The maximum absolute atomic E-state index is 12.1. The molecule has 2 nitrogen and oxygen atoms in total. The van der Waals surface area contributed by atoms with Gasteiger partial charge in [-0.25, -0.2) is 0 Å². The Kier molecular flexibility index (Phi) is 5.20. The Morgan fingerprint density at radius 1 is 1.21 bits per heavy atom. The van der Waals surface area contributed by atoms with Crippen molar-refractivity contribution in [2.24, 2.45) is 0 Å². The first-order chi connectivity index (χ1) is 9.29. The predicted octanol–water partition coefficient (Wildman–Crippen LogP) is 4.09. The lowest BCUT2D eigenvalue weighted by atomic mass is 9.95. The van der Waals surface area contributed by atoms with Gasteiger partial charge in [-0.3, -0.25) is 4.79 Å². The van der Waals surface area contributed by atoms with Crippen molar-refractivity contribution in [3.8, 4) is 0 Å². The Morgan fingerprint density at radius 2 is 1.89 bits per heavy atom. The molecule has 0 atom stereocenters. The number of hydrogen-bond donors (Lipinski definition) is 1. The van der Waals surface area contributed by atoms with Crippen LogP contribution >= 0.6 is 0 Å². The fourth-order valence-electron chi connectivity index (χ4n) is 2.60. The van der Waals surface area contributed by atoms with E-state index in [0.29, 0.717) is 6.04 Å². The van der Waals surface area contributed by atoms with Crippen LogP contribution in [0.5, 0.6) is 0 Å². The summed E-state index contributed by atoms with van der Waals surface area (Å²) in [5, 5.41) is 3.55. The van der Waals surface area contributed by atoms with Crippen molar-refractivity contribution in [2.75, 3.05) is 0 Å². The molecule has 1 fully saturated rings. The average molecular weight is 257 g/mol. The first kappa shape index (κ1) is 13.9. The van der Waals surface area contributed by atoms with Gasteiger partial charge in [-0.15, -0.1) is 0 Å². The Morgan fingerprint density at radius 3 is 2.53 bits per heavy atom. The van der Waals surface area contributed by atoms with E-state index in [0.717, 1.165) is 17.7 Å². The molecular weight excluding hydrogens is 234 g/mol. The van der Waals surface area contributed by atoms with E-state index in [1.165, 1.54) is 32.1 Å². The average Bonchev–Trinajstić information content (AvgIpc) is 2.48. The number of allylic oxidation sites excluding steroid dienone is 2. The summed E-state index contributed by atoms with van der Waals surface area (Å²) >= 11 is 0. The van der Waals surface area contributed by atoms with Gasteiger partial charge in [0.2, 0.25) is 0 Å². The summed E-state index contributed by atoms with van der Waals surface area (Å²) in [5.74, 6) is 0.0979. The van der Waals surface area contributed by atoms with Gasteiger partial charge in [0.25, 0.3) is 0 Å². The predicted molar refractivity (Wildman–Crippen MR) is 79.2 cm³/mol. The minimum absolute atomic E-state index is 0.0979. The van der Waals surface area contributed by atoms with E-state index in [1.54, 1.807) is 6.08 Å². The number of rotatable bonds is 5. The van der Waals surface area contributed by atoms with E-state index in [1.807, 2.05) is 30.3 Å². The first-order valence-electron chi connectivity index (χ1n) is 7.36. The molecule has 0 unspecified atom stereocenters. The van der Waals surface area contributed by atoms with Crippen LogP contribution in [-0.4, -0.2) is 11.8 Å². The molecule has 0 heterocycles. The largest absolute Gasteiger partial charge is 0.386 e. The summed E-state index contributed by atoms with van der Waals surface area (Å²) in [5.41, 5.74) is 1.83. The monoisotopic (exact) mass is 257 g/mol. The van der Waals surface area contributed by atoms with Crippen LogP contribution in [0.15, 0.2) is 42.1 Å². The normalized spacial score (nSPS) is 17.2. The third kappa shape index (κ3) is 4.23. The van der Waals surface area contributed by atoms with Crippen LogP contribution in [0.2, 0.25) is 0 Å². The zero-order valence-corrected chi connectivity index (χ0v) is 11.7. The van der Waals surface area contributed by atoms with Gasteiger partial charge < -0.3 is 5.32 Å². The highest BCUT2D eigenvalue weighted by Gasteiger charge is 2.14. The fraction of sp³-hybridized carbons (Fsp3) is 0.471. The van der Waals surface area contributed by atoms with Crippen LogP contribution in [0.25, 0.3) is 0 Å².